The number of esters is 1. The molecule has 1 unspecified atom stereocenters. The van der Waals surface area contributed by atoms with Gasteiger partial charge in [0.1, 0.15) is 5.75 Å². The van der Waals surface area contributed by atoms with E-state index in [1.807, 2.05) is 6.07 Å². The van der Waals surface area contributed by atoms with Crippen molar-refractivity contribution in [1.82, 2.24) is 0 Å². The lowest BCUT2D eigenvalue weighted by molar-refractivity contribution is -0.149. The van der Waals surface area contributed by atoms with Crippen LogP contribution in [0.15, 0.2) is 42.5 Å². The first-order chi connectivity index (χ1) is 13.0. The van der Waals surface area contributed by atoms with Crippen molar-refractivity contribution >= 4 is 11.8 Å². The molecule has 0 saturated carbocycles. The van der Waals surface area contributed by atoms with Crippen LogP contribution in [0.25, 0.3) is 0 Å². The number of Topliss-reactive ketones (excluding diaryl/α,β-unsaturated/α-hetero) is 1. The summed E-state index contributed by atoms with van der Waals surface area (Å²) in [6, 6.07) is 13.0. The van der Waals surface area contributed by atoms with Gasteiger partial charge in [0.25, 0.3) is 0 Å². The average molecular weight is 369 g/mol. The highest BCUT2D eigenvalue weighted by molar-refractivity contribution is 5.98. The number of nitrogens with zero attached hydrogens (tertiary/aromatic N) is 1. The van der Waals surface area contributed by atoms with Gasteiger partial charge in [-0.3, -0.25) is 4.79 Å². The third-order valence-electron chi connectivity index (χ3n) is 3.68. The summed E-state index contributed by atoms with van der Waals surface area (Å²) in [6.07, 6.45) is -0.906. The van der Waals surface area contributed by atoms with E-state index >= 15 is 0 Å². The molecule has 0 aliphatic carbocycles. The Labute approximate surface area is 157 Å². The highest BCUT2D eigenvalue weighted by Gasteiger charge is 2.19. The number of nitriles is 1. The van der Waals surface area contributed by atoms with Crippen LogP contribution in [-0.4, -0.2) is 38.7 Å². The summed E-state index contributed by atoms with van der Waals surface area (Å²) < 4.78 is 20.7. The summed E-state index contributed by atoms with van der Waals surface area (Å²) in [5, 5.41) is 8.77. The highest BCUT2D eigenvalue weighted by Crippen LogP contribution is 2.27. The van der Waals surface area contributed by atoms with Crippen LogP contribution in [0.5, 0.6) is 17.2 Å². The van der Waals surface area contributed by atoms with Gasteiger partial charge in [-0.15, -0.1) is 0 Å². The maximum absolute atomic E-state index is 12.2. The second-order valence-corrected chi connectivity index (χ2v) is 5.50. The fourth-order valence-electron chi connectivity index (χ4n) is 2.21. The zero-order valence-electron chi connectivity index (χ0n) is 15.2. The Hall–Kier alpha value is -3.53. The number of carbonyl (C=O) groups excluding carboxylic acids is 2. The first-order valence-electron chi connectivity index (χ1n) is 8.07. The van der Waals surface area contributed by atoms with Gasteiger partial charge in [-0.1, -0.05) is 0 Å². The molecule has 0 heterocycles. The Balaban J connectivity index is 1.91. The van der Waals surface area contributed by atoms with E-state index in [1.165, 1.54) is 27.2 Å². The van der Waals surface area contributed by atoms with Crippen molar-refractivity contribution in [1.29, 1.82) is 5.26 Å². The van der Waals surface area contributed by atoms with Gasteiger partial charge in [0.2, 0.25) is 0 Å². The van der Waals surface area contributed by atoms with E-state index in [1.54, 1.807) is 36.4 Å². The topological polar surface area (TPSA) is 94.9 Å². The summed E-state index contributed by atoms with van der Waals surface area (Å²) in [5.74, 6) is 0.274. The monoisotopic (exact) mass is 369 g/mol. The molecule has 27 heavy (non-hydrogen) atoms. The molecule has 0 aromatic heterocycles. The summed E-state index contributed by atoms with van der Waals surface area (Å²) in [7, 11) is 2.96. The second kappa shape index (κ2) is 9.25. The highest BCUT2D eigenvalue weighted by atomic mass is 16.6. The number of hydrogen-bond acceptors (Lipinski definition) is 7. The van der Waals surface area contributed by atoms with Gasteiger partial charge in [0, 0.05) is 5.56 Å². The molecule has 7 heteroatoms. The van der Waals surface area contributed by atoms with E-state index in [9.17, 15) is 9.59 Å². The molecule has 0 amide bonds. The number of hydrogen-bond donors (Lipinski definition) is 0. The van der Waals surface area contributed by atoms with Gasteiger partial charge in [0.15, 0.2) is 30.0 Å². The third kappa shape index (κ3) is 5.22. The number of methoxy groups -OCH3 is 2. The molecule has 0 radical (unpaired) electrons. The summed E-state index contributed by atoms with van der Waals surface area (Å²) in [5.41, 5.74) is 0.819. The minimum absolute atomic E-state index is 0.334. The van der Waals surface area contributed by atoms with Crippen LogP contribution in [0.1, 0.15) is 22.8 Å². The molecule has 1 atom stereocenters. The molecule has 140 valence electrons. The standard InChI is InChI=1S/C20H19NO6/c1-13(27-16-7-4-14(11-21)5-8-16)20(23)26-12-17(22)15-6-9-18(24-2)19(10-15)25-3/h4-10,13H,12H2,1-3H3. The van der Waals surface area contributed by atoms with Crippen molar-refractivity contribution in [2.45, 2.75) is 13.0 Å². The van der Waals surface area contributed by atoms with Crippen LogP contribution < -0.4 is 14.2 Å². The van der Waals surface area contributed by atoms with Gasteiger partial charge in [-0.2, -0.15) is 5.26 Å². The SMILES string of the molecule is COc1ccc(C(=O)COC(=O)C(C)Oc2ccc(C#N)cc2)cc1OC. The fourth-order valence-corrected chi connectivity index (χ4v) is 2.21. The number of rotatable bonds is 8. The van der Waals surface area contributed by atoms with E-state index < -0.39 is 18.7 Å². The Morgan fingerprint density at radius 2 is 1.70 bits per heavy atom. The smallest absolute Gasteiger partial charge is 0.347 e. The lowest BCUT2D eigenvalue weighted by atomic mass is 10.1. The number of benzene rings is 2. The zero-order chi connectivity index (χ0) is 19.8. The predicted molar refractivity (Wildman–Crippen MR) is 96.1 cm³/mol. The molecule has 2 aromatic carbocycles. The van der Waals surface area contributed by atoms with Crippen LogP contribution in [-0.2, 0) is 9.53 Å². The van der Waals surface area contributed by atoms with E-state index in [0.29, 0.717) is 28.4 Å². The van der Waals surface area contributed by atoms with Crippen LogP contribution >= 0.6 is 0 Å². The largest absolute Gasteiger partial charge is 0.493 e. The predicted octanol–water partition coefficient (Wildman–Crippen LogP) is 2.77. The minimum Gasteiger partial charge on any atom is -0.493 e. The summed E-state index contributed by atoms with van der Waals surface area (Å²) in [6.45, 7) is 1.09. The molecule has 2 rings (SSSR count). The maximum Gasteiger partial charge on any atom is 0.347 e. The number of carbonyl (C=O) groups is 2. The quantitative estimate of drug-likeness (QED) is 0.521. The second-order valence-electron chi connectivity index (χ2n) is 5.50. The van der Waals surface area contributed by atoms with Gasteiger partial charge in [-0.25, -0.2) is 4.79 Å². The first-order valence-corrected chi connectivity index (χ1v) is 8.07. The molecule has 0 aliphatic rings. The van der Waals surface area contributed by atoms with Crippen LogP contribution in [0, 0.1) is 11.3 Å². The Kier molecular flexibility index (Phi) is 6.78. The first kappa shape index (κ1) is 19.8. The van der Waals surface area contributed by atoms with Crippen LogP contribution in [0.3, 0.4) is 0 Å². The molecule has 0 aliphatic heterocycles. The molecule has 0 bridgehead atoms. The van der Waals surface area contributed by atoms with Crippen molar-refractivity contribution in [3.8, 4) is 23.3 Å². The Morgan fingerprint density at radius 3 is 2.30 bits per heavy atom. The van der Waals surface area contributed by atoms with E-state index in [0.717, 1.165) is 0 Å². The van der Waals surface area contributed by atoms with Crippen molar-refractivity contribution in [2.75, 3.05) is 20.8 Å². The van der Waals surface area contributed by atoms with E-state index in [-0.39, 0.29) is 5.78 Å². The van der Waals surface area contributed by atoms with Gasteiger partial charge >= 0.3 is 5.97 Å². The normalized spacial score (nSPS) is 11.0. The molecule has 0 N–H and O–H groups in total. The van der Waals surface area contributed by atoms with E-state index in [2.05, 4.69) is 0 Å². The molecule has 0 fully saturated rings. The fraction of sp³-hybridized carbons (Fsp3) is 0.250. The number of ether oxygens (including phenoxy) is 4. The molecular formula is C20H19NO6. The Morgan fingerprint density at radius 1 is 1.04 bits per heavy atom. The molecule has 7 nitrogen and oxygen atoms in total. The average Bonchev–Trinajstić information content (AvgIpc) is 2.71. The molecule has 0 spiro atoms. The van der Waals surface area contributed by atoms with Crippen molar-refractivity contribution in [3.63, 3.8) is 0 Å². The lowest BCUT2D eigenvalue weighted by Crippen LogP contribution is -2.28. The maximum atomic E-state index is 12.2. The molecule has 0 saturated heterocycles. The van der Waals surface area contributed by atoms with E-state index in [4.69, 9.17) is 24.2 Å². The van der Waals surface area contributed by atoms with Crippen LogP contribution in [0.4, 0.5) is 0 Å². The van der Waals surface area contributed by atoms with Gasteiger partial charge in [-0.05, 0) is 49.4 Å². The summed E-state index contributed by atoms with van der Waals surface area (Å²) >= 11 is 0. The minimum atomic E-state index is -0.906. The molecular weight excluding hydrogens is 350 g/mol. The van der Waals surface area contributed by atoms with Crippen molar-refractivity contribution < 1.29 is 28.5 Å². The van der Waals surface area contributed by atoms with Crippen LogP contribution in [0.2, 0.25) is 0 Å². The molecule has 2 aromatic rings. The van der Waals surface area contributed by atoms with Crippen molar-refractivity contribution in [3.05, 3.63) is 53.6 Å². The zero-order valence-corrected chi connectivity index (χ0v) is 15.2. The van der Waals surface area contributed by atoms with Crippen molar-refractivity contribution in [2.24, 2.45) is 0 Å². The lowest BCUT2D eigenvalue weighted by Gasteiger charge is -2.14. The Bertz CT molecular complexity index is 854. The summed E-state index contributed by atoms with van der Waals surface area (Å²) in [4.78, 5) is 24.3. The van der Waals surface area contributed by atoms with Gasteiger partial charge < -0.3 is 18.9 Å². The third-order valence-corrected chi connectivity index (χ3v) is 3.68. The number of ketones is 1. The van der Waals surface area contributed by atoms with Gasteiger partial charge in [0.05, 0.1) is 25.9 Å².